The average molecular weight is 212 g/mol. The van der Waals surface area contributed by atoms with Crippen LogP contribution in [-0.2, 0) is 9.53 Å². The third-order valence-corrected chi connectivity index (χ3v) is 3.03. The van der Waals surface area contributed by atoms with Crippen LogP contribution in [0.3, 0.4) is 0 Å². The van der Waals surface area contributed by atoms with E-state index in [1.807, 2.05) is 0 Å². The summed E-state index contributed by atoms with van der Waals surface area (Å²) in [6.07, 6.45) is 3.61. The molecular formula is C11H20N2O2. The van der Waals surface area contributed by atoms with Gasteiger partial charge in [-0.2, -0.15) is 0 Å². The SMILES string of the molecule is O=C(NCCOCC1CC1)[C@@H]1CCNC1. The molecule has 2 N–H and O–H groups in total. The molecule has 15 heavy (non-hydrogen) atoms. The van der Waals surface area contributed by atoms with Gasteiger partial charge in [-0.3, -0.25) is 4.79 Å². The molecule has 1 saturated heterocycles. The van der Waals surface area contributed by atoms with Crippen molar-refractivity contribution in [3.63, 3.8) is 0 Å². The molecule has 1 aliphatic carbocycles. The lowest BCUT2D eigenvalue weighted by atomic mass is 10.1. The van der Waals surface area contributed by atoms with Crippen LogP contribution < -0.4 is 10.6 Å². The highest BCUT2D eigenvalue weighted by molar-refractivity contribution is 5.79. The first-order valence-electron chi connectivity index (χ1n) is 5.92. The highest BCUT2D eigenvalue weighted by atomic mass is 16.5. The maximum atomic E-state index is 11.5. The smallest absolute Gasteiger partial charge is 0.224 e. The molecule has 2 fully saturated rings. The van der Waals surface area contributed by atoms with Gasteiger partial charge in [-0.1, -0.05) is 0 Å². The molecule has 0 aromatic rings. The van der Waals surface area contributed by atoms with Gasteiger partial charge in [0.25, 0.3) is 0 Å². The van der Waals surface area contributed by atoms with Crippen LogP contribution in [0.1, 0.15) is 19.3 Å². The van der Waals surface area contributed by atoms with Crippen molar-refractivity contribution in [2.24, 2.45) is 11.8 Å². The van der Waals surface area contributed by atoms with Crippen LogP contribution in [0.15, 0.2) is 0 Å². The standard InChI is InChI=1S/C11H20N2O2/c14-11(10-3-4-12-7-10)13-5-6-15-8-9-1-2-9/h9-10,12H,1-8H2,(H,13,14)/t10-/m1/s1. The summed E-state index contributed by atoms with van der Waals surface area (Å²) in [6.45, 7) is 3.98. The predicted octanol–water partition coefficient (Wildman–Crippen LogP) is 0.139. The quantitative estimate of drug-likeness (QED) is 0.616. The summed E-state index contributed by atoms with van der Waals surface area (Å²) in [7, 11) is 0. The Morgan fingerprint density at radius 3 is 2.93 bits per heavy atom. The van der Waals surface area contributed by atoms with Gasteiger partial charge in [0.15, 0.2) is 0 Å². The first kappa shape index (κ1) is 10.9. The maximum absolute atomic E-state index is 11.5. The van der Waals surface area contributed by atoms with Gasteiger partial charge in [0.1, 0.15) is 0 Å². The highest BCUT2D eigenvalue weighted by Crippen LogP contribution is 2.28. The molecule has 0 spiro atoms. The number of carbonyl (C=O) groups excluding carboxylic acids is 1. The fourth-order valence-corrected chi connectivity index (χ4v) is 1.80. The van der Waals surface area contributed by atoms with E-state index in [0.29, 0.717) is 13.2 Å². The molecule has 0 aromatic heterocycles. The van der Waals surface area contributed by atoms with E-state index in [2.05, 4.69) is 10.6 Å². The third kappa shape index (κ3) is 3.80. The van der Waals surface area contributed by atoms with Crippen molar-refractivity contribution >= 4 is 5.91 Å². The number of rotatable bonds is 6. The molecule has 4 nitrogen and oxygen atoms in total. The van der Waals surface area contributed by atoms with Gasteiger partial charge in [-0.05, 0) is 31.7 Å². The Balaban J connectivity index is 1.46. The number of carbonyl (C=O) groups is 1. The van der Waals surface area contributed by atoms with Crippen LogP contribution >= 0.6 is 0 Å². The lowest BCUT2D eigenvalue weighted by molar-refractivity contribution is -0.124. The van der Waals surface area contributed by atoms with E-state index < -0.39 is 0 Å². The Kier molecular flexibility index (Phi) is 3.97. The number of ether oxygens (including phenoxy) is 1. The van der Waals surface area contributed by atoms with Gasteiger partial charge in [-0.25, -0.2) is 0 Å². The van der Waals surface area contributed by atoms with E-state index in [9.17, 15) is 4.79 Å². The molecule has 86 valence electrons. The molecule has 0 aromatic carbocycles. The molecule has 0 unspecified atom stereocenters. The molecule has 1 heterocycles. The Bertz CT molecular complexity index is 211. The van der Waals surface area contributed by atoms with Gasteiger partial charge >= 0.3 is 0 Å². The van der Waals surface area contributed by atoms with Crippen molar-refractivity contribution in [3.05, 3.63) is 0 Å². The Morgan fingerprint density at radius 1 is 1.40 bits per heavy atom. The van der Waals surface area contributed by atoms with E-state index in [4.69, 9.17) is 4.74 Å². The minimum atomic E-state index is 0.174. The van der Waals surface area contributed by atoms with Crippen molar-refractivity contribution in [2.75, 3.05) is 32.8 Å². The van der Waals surface area contributed by atoms with Crippen molar-refractivity contribution < 1.29 is 9.53 Å². The fraction of sp³-hybridized carbons (Fsp3) is 0.909. The molecular weight excluding hydrogens is 192 g/mol. The Hall–Kier alpha value is -0.610. The fourth-order valence-electron chi connectivity index (χ4n) is 1.80. The summed E-state index contributed by atoms with van der Waals surface area (Å²) in [6, 6.07) is 0. The van der Waals surface area contributed by atoms with Crippen molar-refractivity contribution in [1.29, 1.82) is 0 Å². The summed E-state index contributed by atoms with van der Waals surface area (Å²) in [5, 5.41) is 6.10. The Morgan fingerprint density at radius 2 is 2.27 bits per heavy atom. The topological polar surface area (TPSA) is 50.4 Å². The van der Waals surface area contributed by atoms with Gasteiger partial charge in [0, 0.05) is 19.7 Å². The number of hydrogen-bond acceptors (Lipinski definition) is 3. The van der Waals surface area contributed by atoms with Crippen molar-refractivity contribution in [3.8, 4) is 0 Å². The van der Waals surface area contributed by atoms with Crippen LogP contribution in [-0.4, -0.2) is 38.8 Å². The Labute approximate surface area is 90.8 Å². The van der Waals surface area contributed by atoms with Gasteiger partial charge in [0.05, 0.1) is 12.5 Å². The lowest BCUT2D eigenvalue weighted by Gasteiger charge is -2.09. The number of hydrogen-bond donors (Lipinski definition) is 2. The van der Waals surface area contributed by atoms with Crippen molar-refractivity contribution in [1.82, 2.24) is 10.6 Å². The molecule has 2 rings (SSSR count). The van der Waals surface area contributed by atoms with Crippen LogP contribution in [0.2, 0.25) is 0 Å². The van der Waals surface area contributed by atoms with Crippen LogP contribution in [0.4, 0.5) is 0 Å². The molecule has 1 saturated carbocycles. The summed E-state index contributed by atoms with van der Waals surface area (Å²) in [4.78, 5) is 11.5. The summed E-state index contributed by atoms with van der Waals surface area (Å²) >= 11 is 0. The van der Waals surface area contributed by atoms with Gasteiger partial charge in [-0.15, -0.1) is 0 Å². The molecule has 0 bridgehead atoms. The average Bonchev–Trinajstić information content (AvgIpc) is 2.90. The van der Waals surface area contributed by atoms with Crippen LogP contribution in [0.25, 0.3) is 0 Å². The molecule has 2 aliphatic rings. The van der Waals surface area contributed by atoms with E-state index in [-0.39, 0.29) is 11.8 Å². The van der Waals surface area contributed by atoms with E-state index in [1.54, 1.807) is 0 Å². The molecule has 0 radical (unpaired) electrons. The summed E-state index contributed by atoms with van der Waals surface area (Å²) in [5.74, 6) is 1.16. The highest BCUT2D eigenvalue weighted by Gasteiger charge is 2.22. The van der Waals surface area contributed by atoms with E-state index >= 15 is 0 Å². The van der Waals surface area contributed by atoms with Crippen LogP contribution in [0, 0.1) is 11.8 Å². The maximum Gasteiger partial charge on any atom is 0.224 e. The second-order valence-electron chi connectivity index (χ2n) is 4.50. The normalized spacial score (nSPS) is 25.5. The van der Waals surface area contributed by atoms with Gasteiger partial charge < -0.3 is 15.4 Å². The first-order chi connectivity index (χ1) is 7.36. The van der Waals surface area contributed by atoms with E-state index in [0.717, 1.165) is 32.0 Å². The zero-order chi connectivity index (χ0) is 10.5. The van der Waals surface area contributed by atoms with E-state index in [1.165, 1.54) is 12.8 Å². The predicted molar refractivity (Wildman–Crippen MR) is 57.5 cm³/mol. The summed E-state index contributed by atoms with van der Waals surface area (Å²) < 4.78 is 5.44. The number of nitrogens with one attached hydrogen (secondary N) is 2. The minimum absolute atomic E-state index is 0.174. The molecule has 1 amide bonds. The number of amides is 1. The first-order valence-corrected chi connectivity index (χ1v) is 5.92. The molecule has 1 aliphatic heterocycles. The largest absolute Gasteiger partial charge is 0.379 e. The monoisotopic (exact) mass is 212 g/mol. The zero-order valence-corrected chi connectivity index (χ0v) is 9.13. The summed E-state index contributed by atoms with van der Waals surface area (Å²) in [5.41, 5.74) is 0. The van der Waals surface area contributed by atoms with Crippen LogP contribution in [0.5, 0.6) is 0 Å². The zero-order valence-electron chi connectivity index (χ0n) is 9.13. The second-order valence-corrected chi connectivity index (χ2v) is 4.50. The second kappa shape index (κ2) is 5.47. The molecule has 4 heteroatoms. The van der Waals surface area contributed by atoms with Gasteiger partial charge in [0.2, 0.25) is 5.91 Å². The lowest BCUT2D eigenvalue weighted by Crippen LogP contribution is -2.34. The third-order valence-electron chi connectivity index (χ3n) is 3.03. The van der Waals surface area contributed by atoms with Crippen molar-refractivity contribution in [2.45, 2.75) is 19.3 Å². The molecule has 1 atom stereocenters. The minimum Gasteiger partial charge on any atom is -0.379 e.